The summed E-state index contributed by atoms with van der Waals surface area (Å²) in [5.41, 5.74) is 4.70. The lowest BCUT2D eigenvalue weighted by molar-refractivity contribution is 0.0367. The molecule has 7 nitrogen and oxygen atoms in total. The minimum absolute atomic E-state index is 0.188. The maximum atomic E-state index is 11.8. The SMILES string of the molecule is CC(C)CC(C)(O)CNC(=O)c1cn(CCN)nn1. The summed E-state index contributed by atoms with van der Waals surface area (Å²) >= 11 is 0. The zero-order valence-electron chi connectivity index (χ0n) is 11.8. The van der Waals surface area contributed by atoms with E-state index in [1.165, 1.54) is 4.68 Å². The topological polar surface area (TPSA) is 106 Å². The van der Waals surface area contributed by atoms with E-state index in [1.54, 1.807) is 13.1 Å². The molecular weight excluding hydrogens is 246 g/mol. The predicted molar refractivity (Wildman–Crippen MR) is 71.5 cm³/mol. The molecule has 0 spiro atoms. The van der Waals surface area contributed by atoms with Crippen molar-refractivity contribution in [3.05, 3.63) is 11.9 Å². The number of hydrogen-bond donors (Lipinski definition) is 3. The number of aliphatic hydroxyl groups is 1. The molecule has 1 aromatic heterocycles. The first kappa shape index (κ1) is 15.6. The first-order valence-corrected chi connectivity index (χ1v) is 6.45. The molecule has 0 bridgehead atoms. The Morgan fingerprint density at radius 3 is 2.89 bits per heavy atom. The second-order valence-corrected chi connectivity index (χ2v) is 5.43. The van der Waals surface area contributed by atoms with Crippen LogP contribution in [0.2, 0.25) is 0 Å². The fraction of sp³-hybridized carbons (Fsp3) is 0.750. The Morgan fingerprint density at radius 1 is 1.63 bits per heavy atom. The molecule has 0 fully saturated rings. The molecule has 1 amide bonds. The lowest BCUT2D eigenvalue weighted by Gasteiger charge is -2.25. The Kier molecular flexibility index (Phi) is 5.44. The molecule has 7 heteroatoms. The van der Waals surface area contributed by atoms with E-state index in [-0.39, 0.29) is 18.1 Å². The van der Waals surface area contributed by atoms with Crippen LogP contribution in [0.15, 0.2) is 6.20 Å². The van der Waals surface area contributed by atoms with Gasteiger partial charge in [0.15, 0.2) is 5.69 Å². The van der Waals surface area contributed by atoms with Crippen LogP contribution in [0.3, 0.4) is 0 Å². The lowest BCUT2D eigenvalue weighted by Crippen LogP contribution is -2.41. The summed E-state index contributed by atoms with van der Waals surface area (Å²) in [7, 11) is 0. The summed E-state index contributed by atoms with van der Waals surface area (Å²) in [6, 6.07) is 0. The highest BCUT2D eigenvalue weighted by Gasteiger charge is 2.23. The van der Waals surface area contributed by atoms with Gasteiger partial charge in [0.05, 0.1) is 18.3 Å². The summed E-state index contributed by atoms with van der Waals surface area (Å²) in [4.78, 5) is 11.8. The largest absolute Gasteiger partial charge is 0.388 e. The zero-order valence-corrected chi connectivity index (χ0v) is 11.8. The molecule has 0 aliphatic heterocycles. The molecule has 19 heavy (non-hydrogen) atoms. The van der Waals surface area contributed by atoms with Gasteiger partial charge in [0.1, 0.15) is 0 Å². The second kappa shape index (κ2) is 6.63. The maximum Gasteiger partial charge on any atom is 0.273 e. The van der Waals surface area contributed by atoms with Gasteiger partial charge in [0, 0.05) is 13.1 Å². The molecule has 4 N–H and O–H groups in total. The molecular formula is C12H23N5O2. The number of nitrogens with two attached hydrogens (primary N) is 1. The Hall–Kier alpha value is -1.47. The van der Waals surface area contributed by atoms with Crippen LogP contribution in [0, 0.1) is 5.92 Å². The number of aromatic nitrogens is 3. The minimum Gasteiger partial charge on any atom is -0.388 e. The maximum absolute atomic E-state index is 11.8. The lowest BCUT2D eigenvalue weighted by atomic mass is 9.94. The molecule has 0 radical (unpaired) electrons. The summed E-state index contributed by atoms with van der Waals surface area (Å²) in [6.07, 6.45) is 2.16. The molecule has 0 aromatic carbocycles. The van der Waals surface area contributed by atoms with Crippen molar-refractivity contribution >= 4 is 5.91 Å². The van der Waals surface area contributed by atoms with Gasteiger partial charge in [0.2, 0.25) is 0 Å². The monoisotopic (exact) mass is 269 g/mol. The fourth-order valence-electron chi connectivity index (χ4n) is 1.96. The van der Waals surface area contributed by atoms with Crippen LogP contribution >= 0.6 is 0 Å². The van der Waals surface area contributed by atoms with Crippen LogP contribution in [0.4, 0.5) is 0 Å². The number of rotatable bonds is 7. The van der Waals surface area contributed by atoms with Crippen LogP contribution < -0.4 is 11.1 Å². The summed E-state index contributed by atoms with van der Waals surface area (Å²) < 4.78 is 1.52. The highest BCUT2D eigenvalue weighted by Crippen LogP contribution is 2.15. The van der Waals surface area contributed by atoms with Crippen LogP contribution in [0.5, 0.6) is 0 Å². The molecule has 0 saturated heterocycles. The van der Waals surface area contributed by atoms with E-state index in [1.807, 2.05) is 13.8 Å². The van der Waals surface area contributed by atoms with E-state index < -0.39 is 5.60 Å². The van der Waals surface area contributed by atoms with Gasteiger partial charge in [-0.1, -0.05) is 19.1 Å². The van der Waals surface area contributed by atoms with Crippen LogP contribution in [0.25, 0.3) is 0 Å². The van der Waals surface area contributed by atoms with Crippen molar-refractivity contribution in [3.8, 4) is 0 Å². The van der Waals surface area contributed by atoms with Crippen molar-refractivity contribution in [1.82, 2.24) is 20.3 Å². The molecule has 0 aliphatic rings. The third kappa shape index (κ3) is 5.35. The van der Waals surface area contributed by atoms with E-state index in [0.29, 0.717) is 25.4 Å². The normalized spacial score (nSPS) is 14.4. The summed E-state index contributed by atoms with van der Waals surface area (Å²) in [6.45, 7) is 6.90. The van der Waals surface area contributed by atoms with Gasteiger partial charge in [-0.25, -0.2) is 0 Å². The van der Waals surface area contributed by atoms with Gasteiger partial charge >= 0.3 is 0 Å². The smallest absolute Gasteiger partial charge is 0.273 e. The summed E-state index contributed by atoms with van der Waals surface area (Å²) in [5, 5.41) is 20.3. The molecule has 0 saturated carbocycles. The number of carbonyl (C=O) groups is 1. The van der Waals surface area contributed by atoms with Gasteiger partial charge in [-0.2, -0.15) is 0 Å². The minimum atomic E-state index is -0.920. The van der Waals surface area contributed by atoms with Gasteiger partial charge in [-0.3, -0.25) is 9.48 Å². The van der Waals surface area contributed by atoms with Gasteiger partial charge in [-0.05, 0) is 19.3 Å². The van der Waals surface area contributed by atoms with E-state index in [9.17, 15) is 9.90 Å². The van der Waals surface area contributed by atoms with E-state index in [4.69, 9.17) is 5.73 Å². The van der Waals surface area contributed by atoms with Crippen LogP contribution in [0.1, 0.15) is 37.7 Å². The number of amides is 1. The quantitative estimate of drug-likeness (QED) is 0.633. The Bertz CT molecular complexity index is 414. The highest BCUT2D eigenvalue weighted by molar-refractivity contribution is 5.91. The Balaban J connectivity index is 2.50. The van der Waals surface area contributed by atoms with Gasteiger partial charge < -0.3 is 16.2 Å². The van der Waals surface area contributed by atoms with Crippen LogP contribution in [-0.4, -0.2) is 44.7 Å². The second-order valence-electron chi connectivity index (χ2n) is 5.43. The van der Waals surface area contributed by atoms with E-state index >= 15 is 0 Å². The first-order valence-electron chi connectivity index (χ1n) is 6.45. The predicted octanol–water partition coefficient (Wildman–Crippen LogP) is -0.236. The molecule has 108 valence electrons. The van der Waals surface area contributed by atoms with Crippen molar-refractivity contribution in [2.75, 3.05) is 13.1 Å². The molecule has 0 aliphatic carbocycles. The van der Waals surface area contributed by atoms with Gasteiger partial charge in [-0.15, -0.1) is 5.10 Å². The summed E-state index contributed by atoms with van der Waals surface area (Å²) in [5.74, 6) is 0.0182. The molecule has 1 heterocycles. The Labute approximate surface area is 113 Å². The number of nitrogens with zero attached hydrogens (tertiary/aromatic N) is 3. The van der Waals surface area contributed by atoms with E-state index in [0.717, 1.165) is 0 Å². The number of carbonyl (C=O) groups excluding carboxylic acids is 1. The molecule has 1 rings (SSSR count). The highest BCUT2D eigenvalue weighted by atomic mass is 16.3. The van der Waals surface area contributed by atoms with Crippen molar-refractivity contribution < 1.29 is 9.90 Å². The average Bonchev–Trinajstić information content (AvgIpc) is 2.73. The van der Waals surface area contributed by atoms with Crippen molar-refractivity contribution in [2.45, 2.75) is 39.3 Å². The third-order valence-electron chi connectivity index (χ3n) is 2.61. The zero-order chi connectivity index (χ0) is 14.5. The van der Waals surface area contributed by atoms with Crippen molar-refractivity contribution in [1.29, 1.82) is 0 Å². The third-order valence-corrected chi connectivity index (χ3v) is 2.61. The first-order chi connectivity index (χ1) is 8.84. The molecule has 1 unspecified atom stereocenters. The molecule has 1 atom stereocenters. The van der Waals surface area contributed by atoms with Crippen molar-refractivity contribution in [3.63, 3.8) is 0 Å². The van der Waals surface area contributed by atoms with Crippen LogP contribution in [-0.2, 0) is 6.54 Å². The number of hydrogen-bond acceptors (Lipinski definition) is 5. The average molecular weight is 269 g/mol. The standard InChI is InChI=1S/C12H23N5O2/c1-9(2)6-12(3,19)8-14-11(18)10-7-17(5-4-13)16-15-10/h7,9,19H,4-6,8,13H2,1-3H3,(H,14,18). The van der Waals surface area contributed by atoms with Gasteiger partial charge in [0.25, 0.3) is 5.91 Å². The van der Waals surface area contributed by atoms with Crippen molar-refractivity contribution in [2.24, 2.45) is 11.7 Å². The molecule has 1 aromatic rings. The Morgan fingerprint density at radius 2 is 2.32 bits per heavy atom. The fourth-order valence-corrected chi connectivity index (χ4v) is 1.96. The number of nitrogens with one attached hydrogen (secondary N) is 1. The van der Waals surface area contributed by atoms with E-state index in [2.05, 4.69) is 15.6 Å².